The second-order valence-corrected chi connectivity index (χ2v) is 6.00. The Bertz CT molecular complexity index is 914. The zero-order chi connectivity index (χ0) is 17.8. The summed E-state index contributed by atoms with van der Waals surface area (Å²) in [7, 11) is 0. The summed E-state index contributed by atoms with van der Waals surface area (Å²) < 4.78 is 0. The van der Waals surface area contributed by atoms with Crippen molar-refractivity contribution in [3.63, 3.8) is 0 Å². The smallest absolute Gasteiger partial charge is 0.254 e. The molecule has 3 aromatic rings. The Labute approximate surface area is 145 Å². The van der Waals surface area contributed by atoms with E-state index < -0.39 is 11.9 Å². The average molecular weight is 333 g/mol. The molecule has 0 fully saturated rings. The molecule has 2 aromatic carbocycles. The lowest BCUT2D eigenvalue weighted by Gasteiger charge is -2.16. The summed E-state index contributed by atoms with van der Waals surface area (Å²) in [5, 5.41) is 3.60. The van der Waals surface area contributed by atoms with Crippen molar-refractivity contribution in [3.05, 3.63) is 77.5 Å². The number of fused-ring (bicyclic) bond motifs is 1. The maximum Gasteiger partial charge on any atom is 0.254 e. The fourth-order valence-electron chi connectivity index (χ4n) is 2.71. The number of nitrogens with two attached hydrogens (primary N) is 1. The number of rotatable bonds is 5. The van der Waals surface area contributed by atoms with Crippen molar-refractivity contribution < 1.29 is 9.59 Å². The fraction of sp³-hybridized carbons (Fsp3) is 0.150. The van der Waals surface area contributed by atoms with Crippen molar-refractivity contribution in [1.82, 2.24) is 10.3 Å². The number of amides is 2. The minimum absolute atomic E-state index is 0.347. The summed E-state index contributed by atoms with van der Waals surface area (Å²) in [5.41, 5.74) is 8.57. The Morgan fingerprint density at radius 2 is 1.80 bits per heavy atom. The fourth-order valence-corrected chi connectivity index (χ4v) is 2.71. The molecule has 5 nitrogen and oxygen atoms in total. The van der Waals surface area contributed by atoms with Crippen LogP contribution in [0.15, 0.2) is 60.8 Å². The van der Waals surface area contributed by atoms with Gasteiger partial charge in [-0.3, -0.25) is 14.6 Å². The molecular weight excluding hydrogens is 314 g/mol. The van der Waals surface area contributed by atoms with E-state index in [4.69, 9.17) is 5.73 Å². The highest BCUT2D eigenvalue weighted by Crippen LogP contribution is 2.16. The Hall–Kier alpha value is -3.21. The van der Waals surface area contributed by atoms with Crippen molar-refractivity contribution in [2.24, 2.45) is 5.73 Å². The van der Waals surface area contributed by atoms with E-state index in [1.807, 2.05) is 49.4 Å². The van der Waals surface area contributed by atoms with Crippen LogP contribution in [0.2, 0.25) is 0 Å². The third-order valence-electron chi connectivity index (χ3n) is 4.09. The topological polar surface area (TPSA) is 85.1 Å². The van der Waals surface area contributed by atoms with Gasteiger partial charge in [0.05, 0.1) is 11.1 Å². The van der Waals surface area contributed by atoms with Gasteiger partial charge in [0.2, 0.25) is 5.91 Å². The Balaban J connectivity index is 1.83. The number of primary amides is 1. The summed E-state index contributed by atoms with van der Waals surface area (Å²) in [5.74, 6) is -0.928. The number of hydrogen-bond donors (Lipinski definition) is 2. The third-order valence-corrected chi connectivity index (χ3v) is 4.09. The van der Waals surface area contributed by atoms with Crippen LogP contribution < -0.4 is 11.1 Å². The van der Waals surface area contributed by atoms with Crippen LogP contribution in [0.5, 0.6) is 0 Å². The van der Waals surface area contributed by atoms with Gasteiger partial charge in [0.1, 0.15) is 6.04 Å². The van der Waals surface area contributed by atoms with Gasteiger partial charge in [0.15, 0.2) is 0 Å². The van der Waals surface area contributed by atoms with Crippen LogP contribution in [-0.2, 0) is 11.2 Å². The number of hydrogen-bond acceptors (Lipinski definition) is 3. The van der Waals surface area contributed by atoms with Gasteiger partial charge in [-0.2, -0.15) is 0 Å². The molecule has 1 atom stereocenters. The number of nitrogens with zero attached hydrogens (tertiary/aromatic N) is 1. The van der Waals surface area contributed by atoms with Crippen LogP contribution in [0.3, 0.4) is 0 Å². The maximum absolute atomic E-state index is 12.7. The molecule has 0 saturated carbocycles. The van der Waals surface area contributed by atoms with Gasteiger partial charge in [0.25, 0.3) is 5.91 Å². The molecule has 0 aliphatic carbocycles. The number of aromatic nitrogens is 1. The van der Waals surface area contributed by atoms with Crippen LogP contribution in [0, 0.1) is 6.92 Å². The first-order valence-corrected chi connectivity index (χ1v) is 8.04. The van der Waals surface area contributed by atoms with Crippen molar-refractivity contribution in [1.29, 1.82) is 0 Å². The number of carbonyl (C=O) groups excluding carboxylic acids is 2. The maximum atomic E-state index is 12.7. The van der Waals surface area contributed by atoms with Crippen molar-refractivity contribution >= 4 is 22.7 Å². The number of benzene rings is 2. The second kappa shape index (κ2) is 7.13. The van der Waals surface area contributed by atoms with Crippen LogP contribution >= 0.6 is 0 Å². The summed E-state index contributed by atoms with van der Waals surface area (Å²) in [6.45, 7) is 1.99. The summed E-state index contributed by atoms with van der Waals surface area (Å²) in [6.07, 6.45) is 1.98. The molecule has 3 N–H and O–H groups in total. The first-order valence-electron chi connectivity index (χ1n) is 8.04. The van der Waals surface area contributed by atoms with E-state index in [0.29, 0.717) is 17.5 Å². The van der Waals surface area contributed by atoms with E-state index in [1.165, 1.54) is 0 Å². The lowest BCUT2D eigenvalue weighted by molar-refractivity contribution is -0.119. The van der Waals surface area contributed by atoms with Gasteiger partial charge in [0, 0.05) is 18.0 Å². The number of carbonyl (C=O) groups is 2. The van der Waals surface area contributed by atoms with Crippen LogP contribution in [0.25, 0.3) is 10.9 Å². The molecule has 0 aliphatic heterocycles. The predicted octanol–water partition coefficient (Wildman–Crippen LogP) is 2.37. The highest BCUT2D eigenvalue weighted by atomic mass is 16.2. The number of pyridine rings is 1. The van der Waals surface area contributed by atoms with Gasteiger partial charge >= 0.3 is 0 Å². The zero-order valence-corrected chi connectivity index (χ0v) is 13.9. The van der Waals surface area contributed by atoms with Crippen molar-refractivity contribution in [2.45, 2.75) is 19.4 Å². The predicted molar refractivity (Wildman–Crippen MR) is 97.1 cm³/mol. The quantitative estimate of drug-likeness (QED) is 0.752. The van der Waals surface area contributed by atoms with E-state index in [2.05, 4.69) is 10.3 Å². The average Bonchev–Trinajstić information content (AvgIpc) is 2.62. The highest BCUT2D eigenvalue weighted by Gasteiger charge is 2.20. The SMILES string of the molecule is Cc1ccc(C[C@H](NC(=O)c2cccc3cccnc23)C(N)=O)cc1. The largest absolute Gasteiger partial charge is 0.368 e. The Morgan fingerprint density at radius 3 is 2.52 bits per heavy atom. The molecule has 0 bridgehead atoms. The van der Waals surface area contributed by atoms with E-state index in [1.54, 1.807) is 18.3 Å². The molecule has 0 spiro atoms. The molecule has 2 amide bonds. The van der Waals surface area contributed by atoms with E-state index in [9.17, 15) is 9.59 Å². The highest BCUT2D eigenvalue weighted by molar-refractivity contribution is 6.06. The molecule has 126 valence electrons. The molecule has 0 saturated heterocycles. The third kappa shape index (κ3) is 3.83. The first-order chi connectivity index (χ1) is 12.0. The van der Waals surface area contributed by atoms with Crippen molar-refractivity contribution in [2.75, 3.05) is 0 Å². The summed E-state index contributed by atoms with van der Waals surface area (Å²) in [6, 6.07) is 16.1. The van der Waals surface area contributed by atoms with Gasteiger partial charge in [-0.1, -0.05) is 48.0 Å². The van der Waals surface area contributed by atoms with Gasteiger partial charge in [-0.05, 0) is 24.6 Å². The second-order valence-electron chi connectivity index (χ2n) is 6.00. The molecule has 1 heterocycles. The van der Waals surface area contributed by atoms with Crippen LogP contribution in [0.4, 0.5) is 0 Å². The summed E-state index contributed by atoms with van der Waals surface area (Å²) >= 11 is 0. The molecule has 0 unspecified atom stereocenters. The minimum atomic E-state index is -0.783. The molecule has 0 aliphatic rings. The zero-order valence-electron chi connectivity index (χ0n) is 13.9. The molecule has 5 heteroatoms. The molecule has 25 heavy (non-hydrogen) atoms. The molecular formula is C20H19N3O2. The van der Waals surface area contributed by atoms with Gasteiger partial charge in [-0.25, -0.2) is 0 Å². The van der Waals surface area contributed by atoms with E-state index in [0.717, 1.165) is 16.5 Å². The van der Waals surface area contributed by atoms with Crippen molar-refractivity contribution in [3.8, 4) is 0 Å². The Kier molecular flexibility index (Phi) is 4.75. The van der Waals surface area contributed by atoms with Gasteiger partial charge in [-0.15, -0.1) is 0 Å². The number of aryl methyl sites for hydroxylation is 1. The standard InChI is InChI=1S/C20H19N3O2/c1-13-7-9-14(10-8-13)12-17(19(21)24)23-20(25)16-6-2-4-15-5-3-11-22-18(15)16/h2-11,17H,12H2,1H3,(H2,21,24)(H,23,25)/t17-/m0/s1. The first kappa shape index (κ1) is 16.6. The number of nitrogens with one attached hydrogen (secondary N) is 1. The van der Waals surface area contributed by atoms with Crippen LogP contribution in [-0.4, -0.2) is 22.8 Å². The molecule has 1 aromatic heterocycles. The number of para-hydroxylation sites is 1. The molecule has 0 radical (unpaired) electrons. The Morgan fingerprint density at radius 1 is 1.08 bits per heavy atom. The monoisotopic (exact) mass is 333 g/mol. The van der Waals surface area contributed by atoms with E-state index >= 15 is 0 Å². The van der Waals surface area contributed by atoms with Gasteiger partial charge < -0.3 is 11.1 Å². The minimum Gasteiger partial charge on any atom is -0.368 e. The van der Waals surface area contributed by atoms with E-state index in [-0.39, 0.29) is 5.91 Å². The lowest BCUT2D eigenvalue weighted by atomic mass is 10.0. The van der Waals surface area contributed by atoms with Crippen LogP contribution in [0.1, 0.15) is 21.5 Å². The lowest BCUT2D eigenvalue weighted by Crippen LogP contribution is -2.45. The molecule has 3 rings (SSSR count). The summed E-state index contributed by atoms with van der Waals surface area (Å²) in [4.78, 5) is 28.7. The normalized spacial score (nSPS) is 11.9.